The lowest BCUT2D eigenvalue weighted by atomic mass is 10.3. The molecule has 1 rings (SSSR count). The van der Waals surface area contributed by atoms with Crippen LogP contribution in [0.15, 0.2) is 23.4 Å². The number of carboxylic acids is 1. The zero-order valence-electron chi connectivity index (χ0n) is 9.64. The molecule has 0 spiro atoms. The fourth-order valence-corrected chi connectivity index (χ4v) is 1.96. The van der Waals surface area contributed by atoms with Gasteiger partial charge in [-0.3, -0.25) is 4.79 Å². The fraction of sp³-hybridized carbons (Fsp3) is 0.364. The number of carbonyl (C=O) groups excluding carboxylic acids is 1. The molecule has 0 aliphatic carbocycles. The van der Waals surface area contributed by atoms with E-state index in [1.807, 2.05) is 13.8 Å². The molecule has 0 aromatic carbocycles. The maximum atomic E-state index is 11.4. The van der Waals surface area contributed by atoms with Gasteiger partial charge in [-0.25, -0.2) is 9.78 Å². The molecule has 0 aliphatic rings. The number of nitrogens with one attached hydrogen (secondary N) is 1. The molecule has 1 aromatic heterocycles. The Labute approximate surface area is 104 Å². The first-order chi connectivity index (χ1) is 8.00. The van der Waals surface area contributed by atoms with Crippen molar-refractivity contribution < 1.29 is 14.7 Å². The zero-order chi connectivity index (χ0) is 12.8. The molecule has 17 heavy (non-hydrogen) atoms. The van der Waals surface area contributed by atoms with Crippen LogP contribution in [0, 0.1) is 0 Å². The third-order valence-electron chi connectivity index (χ3n) is 1.79. The summed E-state index contributed by atoms with van der Waals surface area (Å²) in [6.45, 7) is 3.73. The minimum Gasteiger partial charge on any atom is -0.478 e. The van der Waals surface area contributed by atoms with Gasteiger partial charge in [-0.15, -0.1) is 0 Å². The summed E-state index contributed by atoms with van der Waals surface area (Å²) >= 11 is 1.12. The van der Waals surface area contributed by atoms with E-state index in [9.17, 15) is 9.59 Å². The minimum atomic E-state index is -1.04. The molecule has 0 saturated carbocycles. The Balaban J connectivity index is 2.63. The first-order valence-corrected chi connectivity index (χ1v) is 6.09. The molecule has 1 amide bonds. The molecule has 0 bridgehead atoms. The van der Waals surface area contributed by atoms with Crippen molar-refractivity contribution in [3.05, 3.63) is 23.9 Å². The van der Waals surface area contributed by atoms with Crippen molar-refractivity contribution in [3.63, 3.8) is 0 Å². The van der Waals surface area contributed by atoms with Crippen LogP contribution in [0.25, 0.3) is 0 Å². The van der Waals surface area contributed by atoms with Crippen LogP contribution in [-0.4, -0.2) is 33.8 Å². The first-order valence-electron chi connectivity index (χ1n) is 5.11. The van der Waals surface area contributed by atoms with Crippen LogP contribution in [-0.2, 0) is 4.79 Å². The molecule has 0 radical (unpaired) electrons. The summed E-state index contributed by atoms with van der Waals surface area (Å²) < 4.78 is 0. The highest BCUT2D eigenvalue weighted by atomic mass is 32.2. The quantitative estimate of drug-likeness (QED) is 0.776. The Hall–Kier alpha value is -1.56. The lowest BCUT2D eigenvalue weighted by Crippen LogP contribution is -2.31. The molecule has 0 fully saturated rings. The number of rotatable bonds is 5. The van der Waals surface area contributed by atoms with Crippen molar-refractivity contribution in [2.45, 2.75) is 24.9 Å². The molecule has 0 atom stereocenters. The molecular weight excluding hydrogens is 240 g/mol. The fourth-order valence-electron chi connectivity index (χ4n) is 1.17. The molecule has 1 aromatic rings. The average molecular weight is 254 g/mol. The number of hydrogen-bond donors (Lipinski definition) is 2. The largest absolute Gasteiger partial charge is 0.478 e. The second-order valence-corrected chi connectivity index (χ2v) is 4.64. The summed E-state index contributed by atoms with van der Waals surface area (Å²) in [6.07, 6.45) is 1.51. The summed E-state index contributed by atoms with van der Waals surface area (Å²) in [5.74, 6) is -1.01. The number of pyridine rings is 1. The topological polar surface area (TPSA) is 79.3 Å². The van der Waals surface area contributed by atoms with Gasteiger partial charge in [0, 0.05) is 12.2 Å². The normalized spacial score (nSPS) is 10.3. The van der Waals surface area contributed by atoms with E-state index >= 15 is 0 Å². The van der Waals surface area contributed by atoms with Crippen LogP contribution in [0.1, 0.15) is 24.2 Å². The number of thioether (sulfide) groups is 1. The van der Waals surface area contributed by atoms with Crippen LogP contribution in [0.3, 0.4) is 0 Å². The van der Waals surface area contributed by atoms with Gasteiger partial charge in [0.15, 0.2) is 0 Å². The van der Waals surface area contributed by atoms with Crippen LogP contribution >= 0.6 is 11.8 Å². The predicted molar refractivity (Wildman–Crippen MR) is 65.2 cm³/mol. The standard InChI is InChI=1S/C11H14N2O3S/c1-7(2)13-9(14)6-17-10-8(11(15)16)4-3-5-12-10/h3-5,7H,6H2,1-2H3,(H,13,14)(H,15,16). The lowest BCUT2D eigenvalue weighted by Gasteiger charge is -2.08. The van der Waals surface area contributed by atoms with Gasteiger partial charge in [-0.05, 0) is 26.0 Å². The molecule has 0 aliphatic heterocycles. The van der Waals surface area contributed by atoms with E-state index in [4.69, 9.17) is 5.11 Å². The van der Waals surface area contributed by atoms with Gasteiger partial charge in [-0.2, -0.15) is 0 Å². The molecule has 6 heteroatoms. The van der Waals surface area contributed by atoms with E-state index < -0.39 is 5.97 Å². The Bertz CT molecular complexity index is 421. The molecule has 5 nitrogen and oxygen atoms in total. The van der Waals surface area contributed by atoms with Gasteiger partial charge in [-0.1, -0.05) is 11.8 Å². The number of amides is 1. The van der Waals surface area contributed by atoms with Crippen molar-refractivity contribution in [1.29, 1.82) is 0 Å². The van der Waals surface area contributed by atoms with E-state index in [0.717, 1.165) is 11.8 Å². The maximum Gasteiger partial charge on any atom is 0.338 e. The van der Waals surface area contributed by atoms with E-state index in [1.165, 1.54) is 12.3 Å². The van der Waals surface area contributed by atoms with Gasteiger partial charge in [0.05, 0.1) is 11.3 Å². The summed E-state index contributed by atoms with van der Waals surface area (Å²) in [5.41, 5.74) is 0.120. The highest BCUT2D eigenvalue weighted by Gasteiger charge is 2.12. The number of carbonyl (C=O) groups is 2. The molecule has 0 saturated heterocycles. The lowest BCUT2D eigenvalue weighted by molar-refractivity contribution is -0.119. The summed E-state index contributed by atoms with van der Waals surface area (Å²) in [4.78, 5) is 26.2. The van der Waals surface area contributed by atoms with Crippen LogP contribution in [0.5, 0.6) is 0 Å². The van der Waals surface area contributed by atoms with Crippen molar-refractivity contribution in [2.24, 2.45) is 0 Å². The number of hydrogen-bond acceptors (Lipinski definition) is 4. The molecule has 1 heterocycles. The Morgan fingerprint density at radius 1 is 1.53 bits per heavy atom. The van der Waals surface area contributed by atoms with E-state index in [-0.39, 0.29) is 23.3 Å². The second kappa shape index (κ2) is 6.24. The second-order valence-electron chi connectivity index (χ2n) is 3.67. The SMILES string of the molecule is CC(C)NC(=O)CSc1ncccc1C(=O)O. The highest BCUT2D eigenvalue weighted by Crippen LogP contribution is 2.19. The van der Waals surface area contributed by atoms with E-state index in [2.05, 4.69) is 10.3 Å². The minimum absolute atomic E-state index is 0.0748. The molecule has 92 valence electrons. The van der Waals surface area contributed by atoms with E-state index in [1.54, 1.807) is 6.07 Å². The number of carboxylic acid groups (broad SMARTS) is 1. The van der Waals surface area contributed by atoms with Crippen molar-refractivity contribution in [3.8, 4) is 0 Å². The van der Waals surface area contributed by atoms with Gasteiger partial charge in [0.2, 0.25) is 5.91 Å². The Morgan fingerprint density at radius 3 is 2.82 bits per heavy atom. The van der Waals surface area contributed by atoms with Gasteiger partial charge < -0.3 is 10.4 Å². The van der Waals surface area contributed by atoms with Crippen LogP contribution in [0.2, 0.25) is 0 Å². The molecule has 0 unspecified atom stereocenters. The zero-order valence-corrected chi connectivity index (χ0v) is 10.5. The smallest absolute Gasteiger partial charge is 0.338 e. The first kappa shape index (κ1) is 13.5. The number of aromatic carboxylic acids is 1. The third kappa shape index (κ3) is 4.44. The van der Waals surface area contributed by atoms with Crippen molar-refractivity contribution in [2.75, 3.05) is 5.75 Å². The molecular formula is C11H14N2O3S. The third-order valence-corrected chi connectivity index (χ3v) is 2.80. The van der Waals surface area contributed by atoms with Crippen LogP contribution in [0.4, 0.5) is 0 Å². The summed E-state index contributed by atoms with van der Waals surface area (Å²) in [6, 6.07) is 3.10. The van der Waals surface area contributed by atoms with Gasteiger partial charge >= 0.3 is 5.97 Å². The monoisotopic (exact) mass is 254 g/mol. The predicted octanol–water partition coefficient (Wildman–Crippen LogP) is 1.40. The Morgan fingerprint density at radius 2 is 2.24 bits per heavy atom. The maximum absolute atomic E-state index is 11.4. The average Bonchev–Trinajstić information content (AvgIpc) is 2.25. The van der Waals surface area contributed by atoms with Crippen molar-refractivity contribution >= 4 is 23.6 Å². The Kier molecular flexibility index (Phi) is 4.96. The summed E-state index contributed by atoms with van der Waals surface area (Å²) in [5, 5.41) is 12.0. The van der Waals surface area contributed by atoms with Gasteiger partial charge in [0.25, 0.3) is 0 Å². The van der Waals surface area contributed by atoms with E-state index in [0.29, 0.717) is 5.03 Å². The highest BCUT2D eigenvalue weighted by molar-refractivity contribution is 8.00. The molecule has 2 N–H and O–H groups in total. The number of aromatic nitrogens is 1. The van der Waals surface area contributed by atoms with Gasteiger partial charge in [0.1, 0.15) is 5.03 Å². The van der Waals surface area contributed by atoms with Crippen molar-refractivity contribution in [1.82, 2.24) is 10.3 Å². The van der Waals surface area contributed by atoms with Crippen LogP contribution < -0.4 is 5.32 Å². The number of nitrogens with zero attached hydrogens (tertiary/aromatic N) is 1. The summed E-state index contributed by atoms with van der Waals surface area (Å²) in [7, 11) is 0.